The number of aromatic nitrogens is 2. The van der Waals surface area contributed by atoms with Gasteiger partial charge in [-0.15, -0.1) is 0 Å². The molecule has 0 atom stereocenters. The molecule has 1 aromatic rings. The van der Waals surface area contributed by atoms with Crippen LogP contribution in [0.15, 0.2) is 12.4 Å². The van der Waals surface area contributed by atoms with E-state index < -0.39 is 11.9 Å². The Morgan fingerprint density at radius 1 is 1.26 bits per heavy atom. The number of nitrogens with zero attached hydrogens (tertiary/aromatic N) is 3. The Kier molecular flexibility index (Phi) is 6.01. The summed E-state index contributed by atoms with van der Waals surface area (Å²) in [5, 5.41) is 0. The van der Waals surface area contributed by atoms with Crippen molar-refractivity contribution in [2.24, 2.45) is 0 Å². The molecule has 0 aromatic carbocycles. The van der Waals surface area contributed by atoms with Gasteiger partial charge in [-0.1, -0.05) is 0 Å². The van der Waals surface area contributed by atoms with E-state index in [-0.39, 0.29) is 13.1 Å². The van der Waals surface area contributed by atoms with Crippen molar-refractivity contribution < 1.29 is 19.1 Å². The van der Waals surface area contributed by atoms with Gasteiger partial charge in [0.05, 0.1) is 33.9 Å². The molecule has 1 aromatic heterocycles. The van der Waals surface area contributed by atoms with Gasteiger partial charge in [0.2, 0.25) is 0 Å². The highest BCUT2D eigenvalue weighted by Gasteiger charge is 2.17. The van der Waals surface area contributed by atoms with E-state index in [0.717, 1.165) is 12.4 Å². The summed E-state index contributed by atoms with van der Waals surface area (Å²) in [6.45, 7) is 3.19. The molecule has 0 aliphatic heterocycles. The summed E-state index contributed by atoms with van der Waals surface area (Å²) in [4.78, 5) is 28.5. The van der Waals surface area contributed by atoms with Crippen LogP contribution in [0.3, 0.4) is 0 Å². The highest BCUT2D eigenvalue weighted by atomic mass is 16.5. The lowest BCUT2D eigenvalue weighted by atomic mass is 10.4. The summed E-state index contributed by atoms with van der Waals surface area (Å²) in [5.74, 6) is -0.0210. The lowest BCUT2D eigenvalue weighted by Gasteiger charge is -2.19. The van der Waals surface area contributed by atoms with Crippen LogP contribution in [-0.2, 0) is 32.2 Å². The Hall–Kier alpha value is -1.89. The van der Waals surface area contributed by atoms with Crippen molar-refractivity contribution in [1.82, 2.24) is 14.5 Å². The predicted molar refractivity (Wildman–Crippen MR) is 67.2 cm³/mol. The van der Waals surface area contributed by atoms with Crippen LogP contribution in [0.25, 0.3) is 0 Å². The number of hydrogen-bond acceptors (Lipinski definition) is 6. The number of esters is 2. The summed E-state index contributed by atoms with van der Waals surface area (Å²) in [7, 11) is 2.62. The van der Waals surface area contributed by atoms with Gasteiger partial charge in [-0.05, 0) is 6.92 Å². The minimum absolute atomic E-state index is 0.0160. The summed E-state index contributed by atoms with van der Waals surface area (Å²) >= 11 is 0. The molecule has 0 fully saturated rings. The van der Waals surface area contributed by atoms with Crippen LogP contribution in [0.2, 0.25) is 0 Å². The second-order valence-corrected chi connectivity index (χ2v) is 3.93. The van der Waals surface area contributed by atoms with Gasteiger partial charge in [0.1, 0.15) is 5.82 Å². The number of hydrogen-bond donors (Lipinski definition) is 0. The molecule has 0 aliphatic carbocycles. The first kappa shape index (κ1) is 15.2. The van der Waals surface area contributed by atoms with E-state index >= 15 is 0 Å². The highest BCUT2D eigenvalue weighted by Crippen LogP contribution is 2.04. The molecule has 106 valence electrons. The van der Waals surface area contributed by atoms with Crippen LogP contribution in [0.1, 0.15) is 12.7 Å². The molecule has 0 N–H and O–H groups in total. The summed E-state index contributed by atoms with van der Waals surface area (Å²) in [6, 6.07) is 0. The van der Waals surface area contributed by atoms with Crippen molar-refractivity contribution >= 4 is 11.9 Å². The summed E-state index contributed by atoms with van der Waals surface area (Å²) in [5.41, 5.74) is 0. The fraction of sp³-hybridized carbons (Fsp3) is 0.583. The predicted octanol–water partition coefficient (Wildman–Crippen LogP) is 0.0510. The quantitative estimate of drug-likeness (QED) is 0.651. The first-order valence-electron chi connectivity index (χ1n) is 5.96. The van der Waals surface area contributed by atoms with E-state index in [4.69, 9.17) is 0 Å². The first-order valence-corrected chi connectivity index (χ1v) is 5.96. The average Bonchev–Trinajstić information content (AvgIpc) is 2.85. The van der Waals surface area contributed by atoms with Crippen molar-refractivity contribution in [3.63, 3.8) is 0 Å². The Balaban J connectivity index is 2.72. The molecule has 0 unspecified atom stereocenters. The standard InChI is InChI=1S/C12H19N3O4/c1-4-15-6-5-13-10(15)7-14(8-11(16)18-2)9-12(17)19-3/h5-6H,4,7-9H2,1-3H3. The first-order chi connectivity index (χ1) is 9.10. The summed E-state index contributed by atoms with van der Waals surface area (Å²) in [6.07, 6.45) is 3.54. The molecule has 0 spiro atoms. The van der Waals surface area contributed by atoms with Crippen LogP contribution in [0, 0.1) is 0 Å². The van der Waals surface area contributed by atoms with Crippen LogP contribution in [0.5, 0.6) is 0 Å². The van der Waals surface area contributed by atoms with E-state index in [2.05, 4.69) is 14.5 Å². The van der Waals surface area contributed by atoms with Crippen molar-refractivity contribution in [2.75, 3.05) is 27.3 Å². The minimum Gasteiger partial charge on any atom is -0.468 e. The van der Waals surface area contributed by atoms with Crippen molar-refractivity contribution in [3.05, 3.63) is 18.2 Å². The van der Waals surface area contributed by atoms with E-state index in [0.29, 0.717) is 6.54 Å². The molecule has 0 radical (unpaired) electrons. The molecule has 1 rings (SSSR count). The molecule has 7 nitrogen and oxygen atoms in total. The molecule has 0 amide bonds. The Bertz CT molecular complexity index is 412. The lowest BCUT2D eigenvalue weighted by molar-refractivity contribution is -0.145. The van der Waals surface area contributed by atoms with Crippen molar-refractivity contribution in [1.29, 1.82) is 0 Å². The Labute approximate surface area is 112 Å². The molecule has 0 saturated carbocycles. The normalized spacial score (nSPS) is 10.5. The van der Waals surface area contributed by atoms with Crippen molar-refractivity contribution in [3.8, 4) is 0 Å². The molecule has 0 saturated heterocycles. The fourth-order valence-electron chi connectivity index (χ4n) is 1.64. The van der Waals surface area contributed by atoms with Crippen LogP contribution < -0.4 is 0 Å². The SMILES string of the molecule is CCn1ccnc1CN(CC(=O)OC)CC(=O)OC. The number of carbonyl (C=O) groups is 2. The monoisotopic (exact) mass is 269 g/mol. The highest BCUT2D eigenvalue weighted by molar-refractivity contribution is 5.74. The smallest absolute Gasteiger partial charge is 0.319 e. The summed E-state index contributed by atoms with van der Waals surface area (Å²) < 4.78 is 11.2. The molecule has 1 heterocycles. The van der Waals surface area contributed by atoms with E-state index in [1.165, 1.54) is 14.2 Å². The molecular formula is C12H19N3O4. The maximum Gasteiger partial charge on any atom is 0.319 e. The zero-order chi connectivity index (χ0) is 14.3. The fourth-order valence-corrected chi connectivity index (χ4v) is 1.64. The molecule has 7 heteroatoms. The second kappa shape index (κ2) is 7.52. The number of rotatable bonds is 7. The number of carbonyl (C=O) groups excluding carboxylic acids is 2. The van der Waals surface area contributed by atoms with Gasteiger partial charge in [0.25, 0.3) is 0 Å². The Morgan fingerprint density at radius 2 is 1.84 bits per heavy atom. The molecule has 19 heavy (non-hydrogen) atoms. The van der Waals surface area contributed by atoms with Gasteiger partial charge in [-0.25, -0.2) is 4.98 Å². The molecular weight excluding hydrogens is 250 g/mol. The van der Waals surface area contributed by atoms with Crippen LogP contribution in [0.4, 0.5) is 0 Å². The third-order valence-corrected chi connectivity index (χ3v) is 2.67. The number of ether oxygens (including phenoxy) is 2. The number of aryl methyl sites for hydroxylation is 1. The maximum atomic E-state index is 11.3. The van der Waals surface area contributed by atoms with E-state index in [1.54, 1.807) is 11.1 Å². The van der Waals surface area contributed by atoms with Crippen LogP contribution >= 0.6 is 0 Å². The topological polar surface area (TPSA) is 73.7 Å². The van der Waals surface area contributed by atoms with Gasteiger partial charge in [-0.2, -0.15) is 0 Å². The third-order valence-electron chi connectivity index (χ3n) is 2.67. The van der Waals surface area contributed by atoms with Gasteiger partial charge in [-0.3, -0.25) is 14.5 Å². The molecule has 0 bridgehead atoms. The van der Waals surface area contributed by atoms with E-state index in [1.807, 2.05) is 17.7 Å². The number of imidazole rings is 1. The lowest BCUT2D eigenvalue weighted by Crippen LogP contribution is -2.35. The number of methoxy groups -OCH3 is 2. The van der Waals surface area contributed by atoms with Gasteiger partial charge in [0, 0.05) is 18.9 Å². The van der Waals surface area contributed by atoms with Crippen LogP contribution in [-0.4, -0.2) is 53.7 Å². The van der Waals surface area contributed by atoms with E-state index in [9.17, 15) is 9.59 Å². The van der Waals surface area contributed by atoms with Gasteiger partial charge < -0.3 is 14.0 Å². The average molecular weight is 269 g/mol. The minimum atomic E-state index is -0.404. The van der Waals surface area contributed by atoms with Crippen molar-refractivity contribution in [2.45, 2.75) is 20.0 Å². The maximum absolute atomic E-state index is 11.3. The third kappa shape index (κ3) is 4.70. The zero-order valence-electron chi connectivity index (χ0n) is 11.5. The van der Waals surface area contributed by atoms with Gasteiger partial charge in [0.15, 0.2) is 0 Å². The van der Waals surface area contributed by atoms with Gasteiger partial charge >= 0.3 is 11.9 Å². The Morgan fingerprint density at radius 3 is 2.32 bits per heavy atom. The largest absolute Gasteiger partial charge is 0.468 e. The zero-order valence-corrected chi connectivity index (χ0v) is 11.5. The second-order valence-electron chi connectivity index (χ2n) is 3.93. The molecule has 0 aliphatic rings.